The molecule has 8 nitrogen and oxygen atoms in total. The molecule has 3 atom stereocenters. The SMILES string of the molecule is CC/C=C\C/C=C\C/C=C\C/C=C\C/C=C\CCCCCCCCCCCCCCCCCCCC(=O)NC(COP(=O)([O-])OCC[N+](C)(C)C)C(O)/C=C/CC/C=C/CCCCCCCCCCCCCCCCC. The number of quaternary nitrogens is 1. The molecule has 2 N–H and O–H groups in total. The van der Waals surface area contributed by atoms with Gasteiger partial charge < -0.3 is 28.8 Å². The van der Waals surface area contributed by atoms with Gasteiger partial charge in [-0.15, -0.1) is 0 Å². The second-order valence-electron chi connectivity index (χ2n) is 22.7. The van der Waals surface area contributed by atoms with E-state index in [-0.39, 0.29) is 12.5 Å². The van der Waals surface area contributed by atoms with Gasteiger partial charge >= 0.3 is 0 Å². The van der Waals surface area contributed by atoms with Crippen molar-refractivity contribution < 1.29 is 32.9 Å². The van der Waals surface area contributed by atoms with Crippen LogP contribution in [0.1, 0.15) is 284 Å². The number of carbonyl (C=O) groups is 1. The van der Waals surface area contributed by atoms with Gasteiger partial charge in [0.05, 0.1) is 39.9 Å². The lowest BCUT2D eigenvalue weighted by atomic mass is 10.0. The zero-order chi connectivity index (χ0) is 55.6. The van der Waals surface area contributed by atoms with Gasteiger partial charge in [-0.2, -0.15) is 0 Å². The molecule has 0 aromatic heterocycles. The number of hydrogen-bond acceptors (Lipinski definition) is 6. The standard InChI is InChI=1S/C67H123N2O6P/c1-6-8-10-12-14-16-18-20-22-24-26-28-29-30-31-32-33-34-35-36-37-38-39-41-43-45-47-49-51-53-55-57-59-61-67(71)68-65(64-75-76(72,73)74-63-62-69(3,4)5)66(70)60-58-56-54-52-50-48-46-44-42-40-27-25-23-21-19-17-15-13-11-9-7-2/h8,10,14,16,20,22,26,28,30-31,50,52,58,60,65-66,70H,6-7,9,11-13,15,17-19,21,23-25,27,29,32-49,51,53-57,59,61-64H2,1-5H3,(H-,68,71,72,73)/b10-8-,16-14-,22-20-,28-26-,31-30-,52-50+,60-58+. The van der Waals surface area contributed by atoms with Gasteiger partial charge in [-0.1, -0.05) is 285 Å². The summed E-state index contributed by atoms with van der Waals surface area (Å²) >= 11 is 0. The molecule has 442 valence electrons. The van der Waals surface area contributed by atoms with Gasteiger partial charge in [0.25, 0.3) is 7.82 Å². The number of amides is 1. The number of hydrogen-bond donors (Lipinski definition) is 2. The quantitative estimate of drug-likeness (QED) is 0.0272. The Morgan fingerprint density at radius 1 is 0.474 bits per heavy atom. The maximum Gasteiger partial charge on any atom is 0.268 e. The second-order valence-corrected chi connectivity index (χ2v) is 24.1. The van der Waals surface area contributed by atoms with E-state index in [9.17, 15) is 19.4 Å². The van der Waals surface area contributed by atoms with Crippen molar-refractivity contribution in [3.63, 3.8) is 0 Å². The number of allylic oxidation sites excluding steroid dienone is 13. The number of carbonyl (C=O) groups excluding carboxylic acids is 1. The summed E-state index contributed by atoms with van der Waals surface area (Å²) in [5, 5.41) is 13.9. The van der Waals surface area contributed by atoms with Crippen LogP contribution >= 0.6 is 7.82 Å². The molecule has 1 amide bonds. The lowest BCUT2D eigenvalue weighted by Gasteiger charge is -2.29. The highest BCUT2D eigenvalue weighted by Crippen LogP contribution is 2.38. The third kappa shape index (κ3) is 59.3. The molecule has 3 unspecified atom stereocenters. The van der Waals surface area contributed by atoms with E-state index in [1.54, 1.807) is 6.08 Å². The van der Waals surface area contributed by atoms with Gasteiger partial charge in [0.15, 0.2) is 0 Å². The van der Waals surface area contributed by atoms with Crippen LogP contribution in [0.2, 0.25) is 0 Å². The number of unbranched alkanes of at least 4 members (excludes halogenated alkanes) is 33. The van der Waals surface area contributed by atoms with Crippen LogP contribution in [-0.2, 0) is 18.4 Å². The van der Waals surface area contributed by atoms with Crippen LogP contribution in [0.25, 0.3) is 0 Å². The van der Waals surface area contributed by atoms with Crippen LogP contribution in [0.15, 0.2) is 85.1 Å². The Morgan fingerprint density at radius 2 is 0.816 bits per heavy atom. The number of likely N-dealkylation sites (N-methyl/N-ethyl adjacent to an activating group) is 1. The van der Waals surface area contributed by atoms with Crippen molar-refractivity contribution in [2.45, 2.75) is 296 Å². The molecule has 0 aliphatic carbocycles. The summed E-state index contributed by atoms with van der Waals surface area (Å²) in [6, 6.07) is -0.907. The molecule has 76 heavy (non-hydrogen) atoms. The van der Waals surface area contributed by atoms with E-state index in [0.717, 1.165) is 70.6 Å². The zero-order valence-electron chi connectivity index (χ0n) is 50.4. The fraction of sp³-hybridized carbons (Fsp3) is 0.776. The Balaban J connectivity index is 4.12. The summed E-state index contributed by atoms with van der Waals surface area (Å²) in [5.41, 5.74) is 0. The molecule has 0 aliphatic heterocycles. The Labute approximate surface area is 471 Å². The molecule has 0 aromatic rings. The van der Waals surface area contributed by atoms with E-state index < -0.39 is 26.6 Å². The Bertz CT molecular complexity index is 1510. The average molecular weight is 1080 g/mol. The largest absolute Gasteiger partial charge is 0.756 e. The smallest absolute Gasteiger partial charge is 0.268 e. The summed E-state index contributed by atoms with van der Waals surface area (Å²) < 4.78 is 23.4. The molecular weight excluding hydrogens is 960 g/mol. The van der Waals surface area contributed by atoms with Crippen LogP contribution in [-0.4, -0.2) is 68.5 Å². The molecule has 9 heteroatoms. The first-order valence-corrected chi connectivity index (χ1v) is 33.4. The minimum Gasteiger partial charge on any atom is -0.756 e. The Morgan fingerprint density at radius 3 is 1.22 bits per heavy atom. The minimum absolute atomic E-state index is 0.00793. The van der Waals surface area contributed by atoms with Crippen LogP contribution in [0, 0.1) is 0 Å². The highest BCUT2D eigenvalue weighted by Gasteiger charge is 2.23. The number of aliphatic hydroxyl groups excluding tert-OH is 1. The number of phosphoric acid groups is 1. The van der Waals surface area contributed by atoms with Crippen molar-refractivity contribution in [1.82, 2.24) is 5.32 Å². The van der Waals surface area contributed by atoms with Gasteiger partial charge in [0, 0.05) is 6.42 Å². The molecule has 0 saturated heterocycles. The molecule has 0 rings (SSSR count). The topological polar surface area (TPSA) is 108 Å². The Kier molecular flexibility index (Phi) is 55.6. The third-order valence-electron chi connectivity index (χ3n) is 14.1. The predicted molar refractivity (Wildman–Crippen MR) is 330 cm³/mol. The summed E-state index contributed by atoms with van der Waals surface area (Å²) in [5.74, 6) is -0.206. The number of nitrogens with one attached hydrogen (secondary N) is 1. The predicted octanol–water partition coefficient (Wildman–Crippen LogP) is 19.4. The van der Waals surface area contributed by atoms with E-state index in [0.29, 0.717) is 17.4 Å². The number of phosphoric ester groups is 1. The van der Waals surface area contributed by atoms with Gasteiger partial charge in [-0.3, -0.25) is 9.36 Å². The van der Waals surface area contributed by atoms with Gasteiger partial charge in [0.1, 0.15) is 13.2 Å². The Hall–Kier alpha value is -2.32. The van der Waals surface area contributed by atoms with Crippen LogP contribution in [0.3, 0.4) is 0 Å². The van der Waals surface area contributed by atoms with Gasteiger partial charge in [0.2, 0.25) is 5.91 Å². The molecule has 0 spiro atoms. The molecule has 0 saturated carbocycles. The summed E-state index contributed by atoms with van der Waals surface area (Å²) in [4.78, 5) is 25.6. The molecule has 0 fully saturated rings. The van der Waals surface area contributed by atoms with Crippen molar-refractivity contribution in [3.8, 4) is 0 Å². The van der Waals surface area contributed by atoms with Crippen molar-refractivity contribution in [1.29, 1.82) is 0 Å². The molecule has 0 aromatic carbocycles. The first-order chi connectivity index (χ1) is 37.0. The van der Waals surface area contributed by atoms with Crippen molar-refractivity contribution in [2.75, 3.05) is 40.9 Å². The highest BCUT2D eigenvalue weighted by molar-refractivity contribution is 7.45. The molecular formula is C67H123N2O6P. The summed E-state index contributed by atoms with van der Waals surface area (Å²) in [6.07, 6.45) is 81.1. The highest BCUT2D eigenvalue weighted by atomic mass is 31.2. The average Bonchev–Trinajstić information content (AvgIpc) is 3.38. The lowest BCUT2D eigenvalue weighted by molar-refractivity contribution is -0.870. The molecule has 0 aliphatic rings. The molecule has 0 bridgehead atoms. The minimum atomic E-state index is -4.61. The number of nitrogens with zero attached hydrogens (tertiary/aromatic N) is 1. The van der Waals surface area contributed by atoms with E-state index in [4.69, 9.17) is 9.05 Å². The van der Waals surface area contributed by atoms with Gasteiger partial charge in [-0.05, 0) is 77.0 Å². The fourth-order valence-electron chi connectivity index (χ4n) is 9.14. The first-order valence-electron chi connectivity index (χ1n) is 31.9. The third-order valence-corrected chi connectivity index (χ3v) is 15.1. The monoisotopic (exact) mass is 1080 g/mol. The van der Waals surface area contributed by atoms with Crippen LogP contribution < -0.4 is 10.2 Å². The number of aliphatic hydroxyl groups is 1. The molecule has 0 radical (unpaired) electrons. The van der Waals surface area contributed by atoms with E-state index >= 15 is 0 Å². The normalized spacial score (nSPS) is 14.4. The second kappa shape index (κ2) is 57.4. The van der Waals surface area contributed by atoms with E-state index in [1.807, 2.05) is 27.2 Å². The summed E-state index contributed by atoms with van der Waals surface area (Å²) in [6.45, 7) is 4.54. The fourth-order valence-corrected chi connectivity index (χ4v) is 9.86. The van der Waals surface area contributed by atoms with Crippen molar-refractivity contribution >= 4 is 13.7 Å². The first kappa shape index (κ1) is 73.7. The van der Waals surface area contributed by atoms with E-state index in [1.165, 1.54) is 193 Å². The van der Waals surface area contributed by atoms with E-state index in [2.05, 4.69) is 92.1 Å². The van der Waals surface area contributed by atoms with Crippen LogP contribution in [0.5, 0.6) is 0 Å². The number of rotatable bonds is 58. The van der Waals surface area contributed by atoms with Gasteiger partial charge in [-0.25, -0.2) is 0 Å². The van der Waals surface area contributed by atoms with Crippen LogP contribution in [0.4, 0.5) is 0 Å². The molecule has 0 heterocycles. The van der Waals surface area contributed by atoms with Crippen molar-refractivity contribution in [3.05, 3.63) is 85.1 Å². The maximum absolute atomic E-state index is 13.0. The summed E-state index contributed by atoms with van der Waals surface area (Å²) in [7, 11) is 1.25. The zero-order valence-corrected chi connectivity index (χ0v) is 51.3. The van der Waals surface area contributed by atoms with Crippen molar-refractivity contribution in [2.24, 2.45) is 0 Å². The maximum atomic E-state index is 13.0. The lowest BCUT2D eigenvalue weighted by Crippen LogP contribution is -2.45.